The average molecular weight is 496 g/mol. The largest absolute Gasteiger partial charge is 0.352 e. The van der Waals surface area contributed by atoms with Gasteiger partial charge >= 0.3 is 0 Å². The third kappa shape index (κ3) is 6.07. The highest BCUT2D eigenvalue weighted by Gasteiger charge is 2.24. The number of hydrogen-bond acceptors (Lipinski definition) is 4. The number of likely N-dealkylation sites (tertiary alicyclic amines) is 1. The highest BCUT2D eigenvalue weighted by Crippen LogP contribution is 2.10. The van der Waals surface area contributed by atoms with Crippen LogP contribution >= 0.6 is 24.0 Å². The van der Waals surface area contributed by atoms with Crippen LogP contribution in [-0.2, 0) is 11.3 Å². The molecule has 1 aromatic carbocycles. The summed E-state index contributed by atoms with van der Waals surface area (Å²) in [7, 11) is 1.79. The second-order valence-electron chi connectivity index (χ2n) is 7.06. The molecular weight excluding hydrogens is 467 g/mol. The number of nitrogens with zero attached hydrogens (tertiary/aromatic N) is 5. The minimum absolute atomic E-state index is 0. The summed E-state index contributed by atoms with van der Waals surface area (Å²) >= 11 is 0. The zero-order valence-electron chi connectivity index (χ0n) is 16.4. The first-order chi connectivity index (χ1) is 13.2. The molecule has 2 aliphatic rings. The topological polar surface area (TPSA) is 75.0 Å². The molecule has 1 aromatic rings. The zero-order chi connectivity index (χ0) is 19.1. The van der Waals surface area contributed by atoms with E-state index in [0.29, 0.717) is 18.7 Å². The fraction of sp³-hybridized carbons (Fsp3) is 0.550. The number of aliphatic imine (C=N–C) groups is 1. The maximum Gasteiger partial charge on any atom is 0.236 e. The molecule has 0 aromatic heterocycles. The van der Waals surface area contributed by atoms with Crippen molar-refractivity contribution in [2.24, 2.45) is 4.99 Å². The van der Waals surface area contributed by atoms with Gasteiger partial charge in [0.1, 0.15) is 0 Å². The fourth-order valence-corrected chi connectivity index (χ4v) is 3.64. The van der Waals surface area contributed by atoms with Gasteiger partial charge < -0.3 is 15.1 Å². The zero-order valence-corrected chi connectivity index (χ0v) is 18.8. The fourth-order valence-electron chi connectivity index (χ4n) is 3.64. The highest BCUT2D eigenvalue weighted by molar-refractivity contribution is 14.0. The summed E-state index contributed by atoms with van der Waals surface area (Å²) < 4.78 is 0. The Hall–Kier alpha value is -1.86. The van der Waals surface area contributed by atoms with Gasteiger partial charge in [0.15, 0.2) is 5.96 Å². The molecule has 0 saturated carbocycles. The van der Waals surface area contributed by atoms with E-state index in [1.807, 2.05) is 23.1 Å². The van der Waals surface area contributed by atoms with E-state index < -0.39 is 0 Å². The molecule has 2 fully saturated rings. The van der Waals surface area contributed by atoms with Crippen LogP contribution in [0.4, 0.5) is 0 Å². The number of carbonyl (C=O) groups is 1. The molecule has 0 radical (unpaired) electrons. The van der Waals surface area contributed by atoms with E-state index in [2.05, 4.69) is 26.2 Å². The van der Waals surface area contributed by atoms with Crippen LogP contribution in [0.5, 0.6) is 0 Å². The van der Waals surface area contributed by atoms with Gasteiger partial charge in [-0.05, 0) is 30.5 Å². The second-order valence-corrected chi connectivity index (χ2v) is 7.06. The van der Waals surface area contributed by atoms with E-state index >= 15 is 0 Å². The van der Waals surface area contributed by atoms with Crippen LogP contribution in [-0.4, -0.2) is 79.4 Å². The van der Waals surface area contributed by atoms with Crippen molar-refractivity contribution in [1.82, 2.24) is 20.0 Å². The first kappa shape index (κ1) is 22.4. The van der Waals surface area contributed by atoms with Crippen LogP contribution in [0.2, 0.25) is 0 Å². The van der Waals surface area contributed by atoms with Crippen molar-refractivity contribution < 1.29 is 4.79 Å². The van der Waals surface area contributed by atoms with E-state index in [1.54, 1.807) is 13.1 Å². The molecule has 0 bridgehead atoms. The average Bonchev–Trinajstić information content (AvgIpc) is 3.25. The first-order valence-electron chi connectivity index (χ1n) is 9.64. The Morgan fingerprint density at radius 1 is 1.14 bits per heavy atom. The normalized spacial score (nSPS) is 17.8. The maximum atomic E-state index is 12.3. The predicted octanol–water partition coefficient (Wildman–Crippen LogP) is 1.49. The summed E-state index contributed by atoms with van der Waals surface area (Å²) in [6.07, 6.45) is 2.28. The molecule has 28 heavy (non-hydrogen) atoms. The molecular formula is C20H29IN6O. The van der Waals surface area contributed by atoms with Crippen molar-refractivity contribution in [1.29, 1.82) is 5.26 Å². The number of piperazine rings is 1. The molecule has 8 heteroatoms. The quantitative estimate of drug-likeness (QED) is 0.389. The Morgan fingerprint density at radius 2 is 1.86 bits per heavy atom. The summed E-state index contributed by atoms with van der Waals surface area (Å²) in [5, 5.41) is 12.4. The van der Waals surface area contributed by atoms with Crippen LogP contribution in [0.25, 0.3) is 0 Å². The first-order valence-corrected chi connectivity index (χ1v) is 9.64. The molecule has 0 spiro atoms. The van der Waals surface area contributed by atoms with Crippen molar-refractivity contribution in [3.8, 4) is 6.07 Å². The molecule has 3 rings (SSSR count). The van der Waals surface area contributed by atoms with Crippen LogP contribution in [0, 0.1) is 11.3 Å². The lowest BCUT2D eigenvalue weighted by molar-refractivity contribution is -0.131. The van der Waals surface area contributed by atoms with E-state index in [1.165, 1.54) is 0 Å². The number of nitriles is 1. The lowest BCUT2D eigenvalue weighted by Gasteiger charge is -2.36. The summed E-state index contributed by atoms with van der Waals surface area (Å²) in [5.41, 5.74) is 1.73. The maximum absolute atomic E-state index is 12.3. The number of hydrogen-bond donors (Lipinski definition) is 1. The smallest absolute Gasteiger partial charge is 0.236 e. The van der Waals surface area contributed by atoms with Gasteiger partial charge in [-0.15, -0.1) is 24.0 Å². The molecule has 2 aliphatic heterocycles. The number of benzene rings is 1. The molecule has 1 amide bonds. The van der Waals surface area contributed by atoms with Crippen molar-refractivity contribution >= 4 is 35.8 Å². The number of carbonyl (C=O) groups excluding carboxylic acids is 1. The Kier molecular flexibility index (Phi) is 8.99. The Bertz CT molecular complexity index is 718. The van der Waals surface area contributed by atoms with Gasteiger partial charge in [0.05, 0.1) is 18.2 Å². The third-order valence-electron chi connectivity index (χ3n) is 5.21. The number of nitrogens with one attached hydrogen (secondary N) is 1. The van der Waals surface area contributed by atoms with E-state index in [-0.39, 0.29) is 29.9 Å². The van der Waals surface area contributed by atoms with E-state index in [0.717, 1.165) is 63.6 Å². The van der Waals surface area contributed by atoms with Gasteiger partial charge in [-0.2, -0.15) is 5.26 Å². The van der Waals surface area contributed by atoms with Crippen LogP contribution in [0.15, 0.2) is 29.3 Å². The van der Waals surface area contributed by atoms with Crippen LogP contribution < -0.4 is 5.32 Å². The lowest BCUT2D eigenvalue weighted by Crippen LogP contribution is -2.54. The van der Waals surface area contributed by atoms with Crippen molar-refractivity contribution in [2.45, 2.75) is 19.4 Å². The minimum Gasteiger partial charge on any atom is -0.352 e. The number of guanidine groups is 1. The van der Waals surface area contributed by atoms with Crippen molar-refractivity contribution in [2.75, 3.05) is 52.9 Å². The number of rotatable bonds is 4. The Labute approximate surface area is 184 Å². The van der Waals surface area contributed by atoms with Gasteiger partial charge in [-0.1, -0.05) is 12.1 Å². The van der Waals surface area contributed by atoms with Gasteiger partial charge in [0.2, 0.25) is 5.91 Å². The van der Waals surface area contributed by atoms with Crippen molar-refractivity contribution in [3.05, 3.63) is 35.4 Å². The molecule has 0 aliphatic carbocycles. The second kappa shape index (κ2) is 11.2. The van der Waals surface area contributed by atoms with Gasteiger partial charge in [0.25, 0.3) is 0 Å². The molecule has 152 valence electrons. The number of amides is 1. The number of halogens is 1. The summed E-state index contributed by atoms with van der Waals surface area (Å²) in [6.45, 7) is 6.44. The molecule has 0 unspecified atom stereocenters. The molecule has 7 nitrogen and oxygen atoms in total. The summed E-state index contributed by atoms with van der Waals surface area (Å²) in [4.78, 5) is 23.2. The van der Waals surface area contributed by atoms with E-state index in [4.69, 9.17) is 5.26 Å². The standard InChI is InChI=1S/C20H28N6O.HI/c1-22-20(23-15-18-6-4-5-17(13-18)14-21)26-11-9-24(10-12-26)16-19(27)25-7-2-3-8-25;/h4-6,13H,2-3,7-12,15-16H2,1H3,(H,22,23);1H. The monoisotopic (exact) mass is 496 g/mol. The highest BCUT2D eigenvalue weighted by atomic mass is 127. The third-order valence-corrected chi connectivity index (χ3v) is 5.21. The van der Waals surface area contributed by atoms with Crippen LogP contribution in [0.3, 0.4) is 0 Å². The molecule has 0 atom stereocenters. The van der Waals surface area contributed by atoms with Crippen LogP contribution in [0.1, 0.15) is 24.0 Å². The SMILES string of the molecule is CN=C(NCc1cccc(C#N)c1)N1CCN(CC(=O)N2CCCC2)CC1.I. The summed E-state index contributed by atoms with van der Waals surface area (Å²) in [6, 6.07) is 9.77. The molecule has 2 saturated heterocycles. The summed E-state index contributed by atoms with van der Waals surface area (Å²) in [5.74, 6) is 1.13. The van der Waals surface area contributed by atoms with Gasteiger partial charge in [0, 0.05) is 52.9 Å². The predicted molar refractivity (Wildman–Crippen MR) is 121 cm³/mol. The lowest BCUT2D eigenvalue weighted by atomic mass is 10.1. The minimum atomic E-state index is 0. The molecule has 2 heterocycles. The Morgan fingerprint density at radius 3 is 2.50 bits per heavy atom. The van der Waals surface area contributed by atoms with Gasteiger partial charge in [-0.3, -0.25) is 14.7 Å². The Balaban J connectivity index is 0.00000280. The van der Waals surface area contributed by atoms with E-state index in [9.17, 15) is 4.79 Å². The van der Waals surface area contributed by atoms with Gasteiger partial charge in [-0.25, -0.2) is 0 Å². The van der Waals surface area contributed by atoms with Crippen molar-refractivity contribution in [3.63, 3.8) is 0 Å². The molecule has 1 N–H and O–H groups in total.